The van der Waals surface area contributed by atoms with Crippen molar-refractivity contribution in [3.63, 3.8) is 0 Å². The summed E-state index contributed by atoms with van der Waals surface area (Å²) in [4.78, 5) is 0. The zero-order valence-corrected chi connectivity index (χ0v) is 6.65. The van der Waals surface area contributed by atoms with E-state index in [1.807, 2.05) is 0 Å². The summed E-state index contributed by atoms with van der Waals surface area (Å²) >= 11 is 0. The lowest BCUT2D eigenvalue weighted by atomic mass is 9.94. The lowest BCUT2D eigenvalue weighted by molar-refractivity contribution is 0.413. The largest absolute Gasteiger partial charge is 0.314 e. The first-order valence-electron chi connectivity index (χ1n) is 3.93. The molecule has 2 atom stereocenters. The van der Waals surface area contributed by atoms with Gasteiger partial charge in [0, 0.05) is 6.04 Å². The minimum Gasteiger partial charge on any atom is -0.314 e. The molecule has 0 aromatic carbocycles. The molecule has 0 aromatic rings. The van der Waals surface area contributed by atoms with E-state index >= 15 is 0 Å². The van der Waals surface area contributed by atoms with E-state index in [1.54, 1.807) is 0 Å². The van der Waals surface area contributed by atoms with Crippen molar-refractivity contribution in [1.29, 1.82) is 0 Å². The van der Waals surface area contributed by atoms with E-state index in [-0.39, 0.29) is 0 Å². The molecule has 1 saturated heterocycles. The molecule has 0 amide bonds. The van der Waals surface area contributed by atoms with Crippen LogP contribution in [0.3, 0.4) is 0 Å². The Balaban J connectivity index is 2.30. The summed E-state index contributed by atoms with van der Waals surface area (Å²) in [5.41, 5.74) is 0. The van der Waals surface area contributed by atoms with Crippen LogP contribution in [0.25, 0.3) is 0 Å². The highest BCUT2D eigenvalue weighted by molar-refractivity contribution is 4.79. The van der Waals surface area contributed by atoms with Gasteiger partial charge in [0.15, 0.2) is 0 Å². The molecule has 0 spiro atoms. The fourth-order valence-corrected chi connectivity index (χ4v) is 1.48. The van der Waals surface area contributed by atoms with E-state index in [0.29, 0.717) is 0 Å². The fraction of sp³-hybridized carbons (Fsp3) is 1.00. The van der Waals surface area contributed by atoms with Gasteiger partial charge in [-0.3, -0.25) is 0 Å². The summed E-state index contributed by atoms with van der Waals surface area (Å²) in [6.45, 7) is 8.12. The van der Waals surface area contributed by atoms with Crippen LogP contribution in [0.15, 0.2) is 0 Å². The van der Waals surface area contributed by atoms with Gasteiger partial charge >= 0.3 is 0 Å². The Morgan fingerprint density at radius 1 is 1.44 bits per heavy atom. The van der Waals surface area contributed by atoms with E-state index in [1.165, 1.54) is 13.0 Å². The van der Waals surface area contributed by atoms with Crippen LogP contribution < -0.4 is 5.32 Å². The van der Waals surface area contributed by atoms with E-state index in [0.717, 1.165) is 17.9 Å². The zero-order chi connectivity index (χ0) is 6.85. The van der Waals surface area contributed by atoms with Crippen molar-refractivity contribution in [2.45, 2.75) is 33.2 Å². The first-order valence-corrected chi connectivity index (χ1v) is 3.93. The summed E-state index contributed by atoms with van der Waals surface area (Å²) in [6.07, 6.45) is 1.37. The molecule has 1 heterocycles. The average Bonchev–Trinajstić information content (AvgIpc) is 2.14. The number of nitrogens with one attached hydrogen (secondary N) is 1. The minimum atomic E-state index is 0.761. The summed E-state index contributed by atoms with van der Waals surface area (Å²) in [7, 11) is 0. The Kier molecular flexibility index (Phi) is 2.12. The van der Waals surface area contributed by atoms with Crippen molar-refractivity contribution in [2.75, 3.05) is 6.54 Å². The van der Waals surface area contributed by atoms with Gasteiger partial charge in [0.05, 0.1) is 0 Å². The molecular formula is C8H17N. The first-order chi connectivity index (χ1) is 4.20. The highest BCUT2D eigenvalue weighted by Gasteiger charge is 2.22. The minimum absolute atomic E-state index is 0.761. The van der Waals surface area contributed by atoms with E-state index in [4.69, 9.17) is 0 Å². The maximum atomic E-state index is 3.45. The van der Waals surface area contributed by atoms with Crippen LogP contribution in [-0.4, -0.2) is 12.6 Å². The van der Waals surface area contributed by atoms with Gasteiger partial charge in [-0.25, -0.2) is 0 Å². The van der Waals surface area contributed by atoms with Gasteiger partial charge in [0.2, 0.25) is 0 Å². The van der Waals surface area contributed by atoms with Crippen LogP contribution in [0.1, 0.15) is 27.2 Å². The topological polar surface area (TPSA) is 12.0 Å². The summed E-state index contributed by atoms with van der Waals surface area (Å²) in [5, 5.41) is 3.45. The van der Waals surface area contributed by atoms with Gasteiger partial charge in [-0.1, -0.05) is 13.8 Å². The van der Waals surface area contributed by atoms with Crippen molar-refractivity contribution in [1.82, 2.24) is 5.32 Å². The molecule has 1 aliphatic rings. The van der Waals surface area contributed by atoms with Gasteiger partial charge in [-0.05, 0) is 31.7 Å². The van der Waals surface area contributed by atoms with Crippen LogP contribution in [-0.2, 0) is 0 Å². The predicted molar refractivity (Wildman–Crippen MR) is 40.4 cm³/mol. The predicted octanol–water partition coefficient (Wildman–Crippen LogP) is 1.64. The molecule has 0 radical (unpaired) electrons. The molecule has 1 N–H and O–H groups in total. The first kappa shape index (κ1) is 7.07. The molecule has 1 heteroatoms. The maximum Gasteiger partial charge on any atom is 0.00420 e. The molecule has 1 rings (SSSR count). The van der Waals surface area contributed by atoms with Crippen molar-refractivity contribution in [3.8, 4) is 0 Å². The molecule has 0 aliphatic carbocycles. The van der Waals surface area contributed by atoms with Gasteiger partial charge in [0.1, 0.15) is 0 Å². The lowest BCUT2D eigenvalue weighted by Gasteiger charge is -2.11. The van der Waals surface area contributed by atoms with Crippen LogP contribution in [0.5, 0.6) is 0 Å². The quantitative estimate of drug-likeness (QED) is 0.564. The van der Waals surface area contributed by atoms with E-state index in [2.05, 4.69) is 26.1 Å². The van der Waals surface area contributed by atoms with Crippen LogP contribution >= 0.6 is 0 Å². The summed E-state index contributed by atoms with van der Waals surface area (Å²) < 4.78 is 0. The number of hydrogen-bond donors (Lipinski definition) is 1. The van der Waals surface area contributed by atoms with Crippen LogP contribution in [0.4, 0.5) is 0 Å². The van der Waals surface area contributed by atoms with Crippen LogP contribution in [0.2, 0.25) is 0 Å². The molecule has 1 aliphatic heterocycles. The molecular weight excluding hydrogens is 110 g/mol. The third-order valence-corrected chi connectivity index (χ3v) is 2.33. The Bertz CT molecular complexity index is 88.6. The maximum absolute atomic E-state index is 3.45. The molecule has 1 fully saturated rings. The molecule has 0 saturated carbocycles. The SMILES string of the molecule is CC(C)[C@H]1CN[C@H](C)C1. The average molecular weight is 127 g/mol. The van der Waals surface area contributed by atoms with Gasteiger partial charge in [-0.2, -0.15) is 0 Å². The summed E-state index contributed by atoms with van der Waals surface area (Å²) in [6, 6.07) is 0.761. The highest BCUT2D eigenvalue weighted by Crippen LogP contribution is 2.20. The Hall–Kier alpha value is -0.0400. The van der Waals surface area contributed by atoms with Crippen molar-refractivity contribution < 1.29 is 0 Å². The lowest BCUT2D eigenvalue weighted by Crippen LogP contribution is -2.17. The summed E-state index contributed by atoms with van der Waals surface area (Å²) in [5.74, 6) is 1.79. The van der Waals surface area contributed by atoms with Crippen molar-refractivity contribution >= 4 is 0 Å². The Labute approximate surface area is 57.8 Å². The van der Waals surface area contributed by atoms with Gasteiger partial charge in [-0.15, -0.1) is 0 Å². The van der Waals surface area contributed by atoms with Gasteiger partial charge in [0.25, 0.3) is 0 Å². The molecule has 0 unspecified atom stereocenters. The second kappa shape index (κ2) is 2.70. The molecule has 0 bridgehead atoms. The van der Waals surface area contributed by atoms with E-state index < -0.39 is 0 Å². The number of rotatable bonds is 1. The fourth-order valence-electron chi connectivity index (χ4n) is 1.48. The Morgan fingerprint density at radius 3 is 2.33 bits per heavy atom. The molecule has 1 nitrogen and oxygen atoms in total. The second-order valence-electron chi connectivity index (χ2n) is 3.55. The molecule has 54 valence electrons. The van der Waals surface area contributed by atoms with Crippen molar-refractivity contribution in [3.05, 3.63) is 0 Å². The van der Waals surface area contributed by atoms with Crippen LogP contribution in [0, 0.1) is 11.8 Å². The second-order valence-corrected chi connectivity index (χ2v) is 3.55. The third-order valence-electron chi connectivity index (χ3n) is 2.33. The van der Waals surface area contributed by atoms with E-state index in [9.17, 15) is 0 Å². The smallest absolute Gasteiger partial charge is 0.00420 e. The van der Waals surface area contributed by atoms with Crippen molar-refractivity contribution in [2.24, 2.45) is 11.8 Å². The van der Waals surface area contributed by atoms with Gasteiger partial charge < -0.3 is 5.32 Å². The molecule has 0 aromatic heterocycles. The zero-order valence-electron chi connectivity index (χ0n) is 6.65. The Morgan fingerprint density at radius 2 is 2.11 bits per heavy atom. The molecule has 9 heavy (non-hydrogen) atoms. The third kappa shape index (κ3) is 1.68. The number of hydrogen-bond acceptors (Lipinski definition) is 1. The monoisotopic (exact) mass is 127 g/mol. The normalized spacial score (nSPS) is 36.0. The standard InChI is InChI=1S/C8H17N/c1-6(2)8-4-7(3)9-5-8/h6-9H,4-5H2,1-3H3/t7-,8-/m1/s1. The highest BCUT2D eigenvalue weighted by atomic mass is 14.9.